The Hall–Kier alpha value is -2.04. The van der Waals surface area contributed by atoms with E-state index in [0.29, 0.717) is 28.6 Å². The molecular weight excluding hydrogens is 432 g/mol. The fourth-order valence-corrected chi connectivity index (χ4v) is 5.54. The van der Waals surface area contributed by atoms with E-state index in [9.17, 15) is 4.79 Å². The summed E-state index contributed by atoms with van der Waals surface area (Å²) >= 11 is 5.96. The van der Waals surface area contributed by atoms with Gasteiger partial charge in [-0.1, -0.05) is 30.2 Å². The van der Waals surface area contributed by atoms with Gasteiger partial charge in [-0.3, -0.25) is 4.79 Å². The largest absolute Gasteiger partial charge is 0.494 e. The van der Waals surface area contributed by atoms with Crippen molar-refractivity contribution in [3.05, 3.63) is 64.7 Å². The topological polar surface area (TPSA) is 32.8 Å². The first kappa shape index (κ1) is 24.1. The lowest BCUT2D eigenvalue weighted by Gasteiger charge is -2.35. The summed E-state index contributed by atoms with van der Waals surface area (Å²) in [5, 5.41) is 0.656. The highest BCUT2D eigenvalue weighted by Crippen LogP contribution is 2.35. The van der Waals surface area contributed by atoms with Crippen LogP contribution in [0.2, 0.25) is 5.02 Å². The number of halogens is 1. The zero-order valence-electron chi connectivity index (χ0n) is 20.0. The number of hydrogen-bond donors (Lipinski definition) is 0. The number of likely N-dealkylation sites (tertiary alicyclic amines) is 1. The van der Waals surface area contributed by atoms with E-state index in [4.69, 9.17) is 16.3 Å². The van der Waals surface area contributed by atoms with Crippen molar-refractivity contribution < 1.29 is 9.53 Å². The number of piperidine rings is 1. The number of carbonyl (C=O) groups is 1. The molecule has 1 atom stereocenters. The summed E-state index contributed by atoms with van der Waals surface area (Å²) in [6.45, 7) is 2.00. The van der Waals surface area contributed by atoms with Crippen molar-refractivity contribution in [1.82, 2.24) is 9.80 Å². The predicted octanol–water partition coefficient (Wildman–Crippen LogP) is 6.39. The van der Waals surface area contributed by atoms with Gasteiger partial charge in [0.25, 0.3) is 5.91 Å². The van der Waals surface area contributed by atoms with E-state index in [1.807, 2.05) is 24.1 Å². The molecule has 178 valence electrons. The van der Waals surface area contributed by atoms with Crippen LogP contribution in [0.5, 0.6) is 5.75 Å². The minimum absolute atomic E-state index is 0.0797. The molecule has 2 aliphatic rings. The number of ether oxygens (including phenoxy) is 1. The molecule has 5 heteroatoms. The molecule has 0 spiro atoms. The third kappa shape index (κ3) is 6.30. The molecule has 1 heterocycles. The summed E-state index contributed by atoms with van der Waals surface area (Å²) in [6.07, 6.45) is 9.35. The average Bonchev–Trinajstić information content (AvgIpc) is 2.85. The number of nitrogens with zero attached hydrogens (tertiary/aromatic N) is 2. The maximum Gasteiger partial charge on any atom is 0.253 e. The SMILES string of the molecule is CN1CCCCC1CCOc1ccc(C2CCC(N(C)C(=O)c3ccc(Cl)cc3)CC2)cc1. The van der Waals surface area contributed by atoms with Crippen LogP contribution in [0.4, 0.5) is 0 Å². The molecule has 4 rings (SSSR count). The van der Waals surface area contributed by atoms with Gasteiger partial charge in [0, 0.05) is 29.7 Å². The van der Waals surface area contributed by atoms with Crippen molar-refractivity contribution in [1.29, 1.82) is 0 Å². The minimum Gasteiger partial charge on any atom is -0.494 e. The fourth-order valence-electron chi connectivity index (χ4n) is 5.42. The lowest BCUT2D eigenvalue weighted by atomic mass is 9.81. The summed E-state index contributed by atoms with van der Waals surface area (Å²) in [5.74, 6) is 1.61. The Morgan fingerprint density at radius 1 is 1.00 bits per heavy atom. The van der Waals surface area contributed by atoms with Crippen LogP contribution >= 0.6 is 11.6 Å². The molecule has 1 aliphatic carbocycles. The van der Waals surface area contributed by atoms with Crippen LogP contribution in [0.1, 0.15) is 73.2 Å². The predicted molar refractivity (Wildman–Crippen MR) is 135 cm³/mol. The maximum atomic E-state index is 12.8. The lowest BCUT2D eigenvalue weighted by molar-refractivity contribution is 0.0689. The highest BCUT2D eigenvalue weighted by atomic mass is 35.5. The van der Waals surface area contributed by atoms with Crippen LogP contribution in [0.25, 0.3) is 0 Å². The first-order valence-corrected chi connectivity index (χ1v) is 12.8. The summed E-state index contributed by atoms with van der Waals surface area (Å²) < 4.78 is 6.04. The summed E-state index contributed by atoms with van der Waals surface area (Å²) in [4.78, 5) is 17.2. The van der Waals surface area contributed by atoms with Crippen molar-refractivity contribution in [2.75, 3.05) is 27.2 Å². The van der Waals surface area contributed by atoms with Crippen molar-refractivity contribution in [2.45, 2.75) is 69.4 Å². The third-order valence-electron chi connectivity index (χ3n) is 7.65. The molecule has 1 amide bonds. The van der Waals surface area contributed by atoms with Crippen molar-refractivity contribution in [3.63, 3.8) is 0 Å². The first-order valence-electron chi connectivity index (χ1n) is 12.5. The van der Waals surface area contributed by atoms with Gasteiger partial charge in [0.05, 0.1) is 6.61 Å². The Morgan fingerprint density at radius 3 is 2.36 bits per heavy atom. The molecule has 0 radical (unpaired) electrons. The summed E-state index contributed by atoms with van der Waals surface area (Å²) in [5.41, 5.74) is 2.09. The van der Waals surface area contributed by atoms with Crippen molar-refractivity contribution in [2.24, 2.45) is 0 Å². The van der Waals surface area contributed by atoms with Crippen LogP contribution in [0, 0.1) is 0 Å². The van der Waals surface area contributed by atoms with Crippen LogP contribution in [0.3, 0.4) is 0 Å². The van der Waals surface area contributed by atoms with Crippen LogP contribution < -0.4 is 4.74 Å². The van der Waals surface area contributed by atoms with Gasteiger partial charge in [-0.25, -0.2) is 0 Å². The molecule has 0 bridgehead atoms. The molecule has 1 saturated carbocycles. The summed E-state index contributed by atoms with van der Waals surface area (Å²) in [7, 11) is 4.16. The van der Waals surface area contributed by atoms with E-state index in [0.717, 1.165) is 44.5 Å². The first-order chi connectivity index (χ1) is 16.0. The number of rotatable bonds is 7. The Labute approximate surface area is 203 Å². The molecule has 4 nitrogen and oxygen atoms in total. The molecule has 2 fully saturated rings. The average molecular weight is 469 g/mol. The van der Waals surface area contributed by atoms with Crippen LogP contribution in [-0.4, -0.2) is 55.0 Å². The van der Waals surface area contributed by atoms with Gasteiger partial charge in [0.15, 0.2) is 0 Å². The smallest absolute Gasteiger partial charge is 0.253 e. The van der Waals surface area contributed by atoms with Crippen molar-refractivity contribution in [3.8, 4) is 5.75 Å². The third-order valence-corrected chi connectivity index (χ3v) is 7.90. The molecule has 2 aromatic rings. The van der Waals surface area contributed by atoms with Gasteiger partial charge < -0.3 is 14.5 Å². The van der Waals surface area contributed by atoms with Gasteiger partial charge in [-0.15, -0.1) is 0 Å². The zero-order valence-corrected chi connectivity index (χ0v) is 20.8. The van der Waals surface area contributed by atoms with Gasteiger partial charge in [-0.05, 0) is 106 Å². The monoisotopic (exact) mass is 468 g/mol. The fraction of sp³-hybridized carbons (Fsp3) is 0.536. The van der Waals surface area contributed by atoms with Gasteiger partial charge in [0.1, 0.15) is 5.75 Å². The second kappa shape index (κ2) is 11.4. The number of amides is 1. The van der Waals surface area contributed by atoms with Gasteiger partial charge >= 0.3 is 0 Å². The highest BCUT2D eigenvalue weighted by Gasteiger charge is 2.28. The number of hydrogen-bond acceptors (Lipinski definition) is 3. The molecule has 1 saturated heterocycles. The van der Waals surface area contributed by atoms with E-state index in [2.05, 4.69) is 36.2 Å². The Bertz CT molecular complexity index is 891. The lowest BCUT2D eigenvalue weighted by Crippen LogP contribution is -2.39. The van der Waals surface area contributed by atoms with E-state index in [1.165, 1.54) is 31.4 Å². The second-order valence-corrected chi connectivity index (χ2v) is 10.2. The molecule has 2 aromatic carbocycles. The van der Waals surface area contributed by atoms with E-state index in [1.54, 1.807) is 12.1 Å². The Kier molecular flexibility index (Phi) is 8.32. The molecule has 33 heavy (non-hydrogen) atoms. The normalized spacial score (nSPS) is 23.8. The van der Waals surface area contributed by atoms with Gasteiger partial charge in [-0.2, -0.15) is 0 Å². The van der Waals surface area contributed by atoms with Crippen molar-refractivity contribution >= 4 is 17.5 Å². The standard InChI is InChI=1S/C28H37ClN2O2/c1-30-19-4-3-5-25(30)18-20-33-27-16-10-22(11-17-27)21-8-14-26(15-9-21)31(2)28(32)23-6-12-24(29)13-7-23/h6-7,10-13,16-17,21,25-26H,3-5,8-9,14-15,18-20H2,1-2H3. The minimum atomic E-state index is 0.0797. The second-order valence-electron chi connectivity index (χ2n) is 9.76. The maximum absolute atomic E-state index is 12.8. The number of carbonyl (C=O) groups excluding carboxylic acids is 1. The van der Waals surface area contributed by atoms with E-state index >= 15 is 0 Å². The van der Waals surface area contributed by atoms with Crippen LogP contribution in [-0.2, 0) is 0 Å². The molecule has 1 unspecified atom stereocenters. The molecule has 1 aliphatic heterocycles. The van der Waals surface area contributed by atoms with Gasteiger partial charge in [0.2, 0.25) is 0 Å². The molecule has 0 aromatic heterocycles. The number of benzene rings is 2. The Balaban J connectivity index is 1.23. The quantitative estimate of drug-likeness (QED) is 0.471. The zero-order chi connectivity index (χ0) is 23.2. The van der Waals surface area contributed by atoms with E-state index in [-0.39, 0.29) is 5.91 Å². The molecule has 0 N–H and O–H groups in total. The van der Waals surface area contributed by atoms with E-state index < -0.39 is 0 Å². The molecular formula is C28H37ClN2O2. The highest BCUT2D eigenvalue weighted by molar-refractivity contribution is 6.30. The Morgan fingerprint density at radius 2 is 1.70 bits per heavy atom. The summed E-state index contributed by atoms with van der Waals surface area (Å²) in [6, 6.07) is 16.9. The van der Waals surface area contributed by atoms with Crippen LogP contribution in [0.15, 0.2) is 48.5 Å².